The van der Waals surface area contributed by atoms with Gasteiger partial charge in [-0.25, -0.2) is 4.79 Å². The summed E-state index contributed by atoms with van der Waals surface area (Å²) in [5.41, 5.74) is 0.398. The number of amides is 1. The van der Waals surface area contributed by atoms with Crippen molar-refractivity contribution in [2.24, 2.45) is 0 Å². The van der Waals surface area contributed by atoms with Crippen LogP contribution in [0.3, 0.4) is 0 Å². The highest BCUT2D eigenvalue weighted by molar-refractivity contribution is 9.10. The maximum Gasteiger partial charge on any atom is 0.341 e. The molecule has 0 aromatic carbocycles. The number of esters is 1. The molecule has 2 heterocycles. The molecule has 0 aliphatic carbocycles. The van der Waals surface area contributed by atoms with E-state index in [-0.39, 0.29) is 12.1 Å². The average molecular weight is 302 g/mol. The van der Waals surface area contributed by atoms with Crippen LogP contribution in [-0.2, 0) is 9.53 Å². The number of likely N-dealkylation sites (tertiary alicyclic amines) is 1. The molecule has 1 aromatic heterocycles. The first-order chi connectivity index (χ1) is 8.19. The summed E-state index contributed by atoms with van der Waals surface area (Å²) in [6.45, 7) is 1.27. The average Bonchev–Trinajstić information content (AvgIpc) is 2.77. The van der Waals surface area contributed by atoms with Crippen molar-refractivity contribution in [2.75, 3.05) is 13.1 Å². The van der Waals surface area contributed by atoms with E-state index >= 15 is 0 Å². The van der Waals surface area contributed by atoms with Gasteiger partial charge in [0.25, 0.3) is 0 Å². The Kier molecular flexibility index (Phi) is 3.83. The van der Waals surface area contributed by atoms with Gasteiger partial charge in [-0.2, -0.15) is 0 Å². The molecule has 1 amide bonds. The van der Waals surface area contributed by atoms with Crippen molar-refractivity contribution in [1.82, 2.24) is 4.90 Å². The summed E-state index contributed by atoms with van der Waals surface area (Å²) in [7, 11) is 0. The fraction of sp³-hybridized carbons (Fsp3) is 0.455. The van der Waals surface area contributed by atoms with Gasteiger partial charge in [0, 0.05) is 32.0 Å². The zero-order valence-corrected chi connectivity index (χ0v) is 10.7. The van der Waals surface area contributed by atoms with Gasteiger partial charge in [-0.1, -0.05) is 0 Å². The van der Waals surface area contributed by atoms with E-state index < -0.39 is 0 Å². The molecule has 1 aliphatic heterocycles. The molecule has 1 aromatic rings. The molecular formula is C11H12BrNO4. The third kappa shape index (κ3) is 3.09. The largest absolute Gasteiger partial charge is 0.459 e. The summed E-state index contributed by atoms with van der Waals surface area (Å²) >= 11 is 3.12. The Morgan fingerprint density at radius 1 is 1.53 bits per heavy atom. The lowest BCUT2D eigenvalue weighted by Crippen LogP contribution is -2.36. The lowest BCUT2D eigenvalue weighted by Gasteiger charge is -2.28. The normalized spacial score (nSPS) is 16.9. The maximum atomic E-state index is 11.7. The van der Waals surface area contributed by atoms with Crippen LogP contribution in [0.2, 0.25) is 0 Å². The highest BCUT2D eigenvalue weighted by atomic mass is 79.9. The number of rotatable bonds is 3. The van der Waals surface area contributed by atoms with Crippen molar-refractivity contribution >= 4 is 28.3 Å². The number of hydrogen-bond acceptors (Lipinski definition) is 4. The Bertz CT molecular complexity index is 409. The van der Waals surface area contributed by atoms with Gasteiger partial charge >= 0.3 is 5.97 Å². The molecule has 0 unspecified atom stereocenters. The van der Waals surface area contributed by atoms with Gasteiger partial charge in [0.05, 0.1) is 5.56 Å². The van der Waals surface area contributed by atoms with Gasteiger partial charge in [0.1, 0.15) is 12.4 Å². The molecule has 1 aliphatic rings. The zero-order valence-electron chi connectivity index (χ0n) is 9.10. The summed E-state index contributed by atoms with van der Waals surface area (Å²) < 4.78 is 10.8. The first-order valence-electron chi connectivity index (χ1n) is 5.33. The number of halogens is 1. The summed E-state index contributed by atoms with van der Waals surface area (Å²) in [5, 5.41) is 0. The molecule has 6 heteroatoms. The Morgan fingerprint density at radius 2 is 2.24 bits per heavy atom. The van der Waals surface area contributed by atoms with Crippen LogP contribution in [0.1, 0.15) is 23.2 Å². The van der Waals surface area contributed by atoms with Gasteiger partial charge in [-0.15, -0.1) is 0 Å². The second-order valence-electron chi connectivity index (χ2n) is 3.89. The Morgan fingerprint density at radius 3 is 2.76 bits per heavy atom. The third-order valence-electron chi connectivity index (χ3n) is 2.70. The Balaban J connectivity index is 1.86. The molecule has 1 saturated heterocycles. The molecule has 0 saturated carbocycles. The number of carbonyl (C=O) groups is 2. The van der Waals surface area contributed by atoms with E-state index in [2.05, 4.69) is 15.9 Å². The molecule has 17 heavy (non-hydrogen) atoms. The number of piperidine rings is 1. The van der Waals surface area contributed by atoms with Crippen LogP contribution in [-0.4, -0.2) is 36.5 Å². The molecule has 0 bridgehead atoms. The van der Waals surface area contributed by atoms with Crippen molar-refractivity contribution in [3.8, 4) is 0 Å². The van der Waals surface area contributed by atoms with Crippen LogP contribution in [0.15, 0.2) is 21.4 Å². The van der Waals surface area contributed by atoms with Crippen LogP contribution in [0.25, 0.3) is 0 Å². The topological polar surface area (TPSA) is 59.8 Å². The number of nitrogens with zero attached hydrogens (tertiary/aromatic N) is 1. The van der Waals surface area contributed by atoms with E-state index in [0.717, 1.165) is 6.41 Å². The first-order valence-corrected chi connectivity index (χ1v) is 6.12. The smallest absolute Gasteiger partial charge is 0.341 e. The van der Waals surface area contributed by atoms with Gasteiger partial charge in [-0.05, 0) is 15.9 Å². The predicted molar refractivity (Wildman–Crippen MR) is 62.5 cm³/mol. The number of ether oxygens (including phenoxy) is 1. The fourth-order valence-corrected chi connectivity index (χ4v) is 2.08. The monoisotopic (exact) mass is 301 g/mol. The molecule has 0 N–H and O–H groups in total. The maximum absolute atomic E-state index is 11.7. The summed E-state index contributed by atoms with van der Waals surface area (Å²) in [6, 6.07) is 1.57. The van der Waals surface area contributed by atoms with Crippen LogP contribution in [0.4, 0.5) is 0 Å². The van der Waals surface area contributed by atoms with Crippen LogP contribution < -0.4 is 0 Å². The van der Waals surface area contributed by atoms with Crippen LogP contribution in [0.5, 0.6) is 0 Å². The highest BCUT2D eigenvalue weighted by Crippen LogP contribution is 2.18. The molecule has 0 radical (unpaired) electrons. The second kappa shape index (κ2) is 5.35. The van der Waals surface area contributed by atoms with Crippen molar-refractivity contribution in [2.45, 2.75) is 18.9 Å². The van der Waals surface area contributed by atoms with E-state index in [1.165, 1.54) is 6.26 Å². The van der Waals surface area contributed by atoms with E-state index in [1.807, 2.05) is 0 Å². The van der Waals surface area contributed by atoms with Crippen molar-refractivity contribution in [3.05, 3.63) is 22.6 Å². The lowest BCUT2D eigenvalue weighted by atomic mass is 10.1. The van der Waals surface area contributed by atoms with Crippen LogP contribution >= 0.6 is 15.9 Å². The minimum atomic E-state index is -0.385. The van der Waals surface area contributed by atoms with Gasteiger partial charge in [0.2, 0.25) is 6.41 Å². The molecule has 0 spiro atoms. The summed E-state index contributed by atoms with van der Waals surface area (Å²) in [4.78, 5) is 23.9. The van der Waals surface area contributed by atoms with Gasteiger partial charge < -0.3 is 14.1 Å². The van der Waals surface area contributed by atoms with Crippen molar-refractivity contribution in [1.29, 1.82) is 0 Å². The summed E-state index contributed by atoms with van der Waals surface area (Å²) in [5.74, 6) is -0.385. The molecule has 0 atom stereocenters. The number of furan rings is 1. The molecule has 92 valence electrons. The van der Waals surface area contributed by atoms with Gasteiger partial charge in [0.15, 0.2) is 4.67 Å². The van der Waals surface area contributed by atoms with E-state index in [9.17, 15) is 9.59 Å². The summed E-state index contributed by atoms with van der Waals surface area (Å²) in [6.07, 6.45) is 3.43. The minimum Gasteiger partial charge on any atom is -0.459 e. The fourth-order valence-electron chi connectivity index (χ4n) is 1.74. The highest BCUT2D eigenvalue weighted by Gasteiger charge is 2.22. The van der Waals surface area contributed by atoms with E-state index in [4.69, 9.17) is 9.15 Å². The van der Waals surface area contributed by atoms with Crippen LogP contribution in [0, 0.1) is 0 Å². The van der Waals surface area contributed by atoms with Gasteiger partial charge in [-0.3, -0.25) is 4.79 Å². The lowest BCUT2D eigenvalue weighted by molar-refractivity contribution is -0.120. The second-order valence-corrected chi connectivity index (χ2v) is 4.67. The number of carbonyl (C=O) groups excluding carboxylic acids is 2. The molecule has 1 fully saturated rings. The molecule has 5 nitrogen and oxygen atoms in total. The quantitative estimate of drug-likeness (QED) is 0.631. The Labute approximate surface area is 107 Å². The minimum absolute atomic E-state index is 0.118. The SMILES string of the molecule is O=CN1CCC(OC(=O)c2coc(Br)c2)CC1. The first kappa shape index (κ1) is 12.2. The molecular weight excluding hydrogens is 290 g/mol. The van der Waals surface area contributed by atoms with Crippen molar-refractivity contribution < 1.29 is 18.7 Å². The number of hydrogen-bond donors (Lipinski definition) is 0. The van der Waals surface area contributed by atoms with E-state index in [1.54, 1.807) is 11.0 Å². The Hall–Kier alpha value is -1.30. The zero-order chi connectivity index (χ0) is 12.3. The standard InChI is InChI=1S/C11H12BrNO4/c12-10-5-8(6-16-10)11(15)17-9-1-3-13(7-14)4-2-9/h5-7,9H,1-4H2. The van der Waals surface area contributed by atoms with E-state index in [0.29, 0.717) is 36.2 Å². The third-order valence-corrected chi connectivity index (χ3v) is 3.12. The van der Waals surface area contributed by atoms with Crippen molar-refractivity contribution in [3.63, 3.8) is 0 Å². The molecule has 2 rings (SSSR count). The predicted octanol–water partition coefficient (Wildman–Crippen LogP) is 1.82.